The molecule has 0 bridgehead atoms. The van der Waals surface area contributed by atoms with Gasteiger partial charge in [-0.25, -0.2) is 0 Å². The first-order chi connectivity index (χ1) is 13.6. The average molecular weight is 417 g/mol. The highest BCUT2D eigenvalue weighted by Crippen LogP contribution is 2.34. The standard InChI is InChI=1S/C18H22F3N3O5/c1-12-4-2-3-9-23(12)16(25)11-29-17(26)7-8-22-14-6-5-13(18(19,20)21)10-15(14)24(27)28/h5-6,10,12,22H,2-4,7-9,11H2,1H3/t12-/m1/s1. The molecule has 8 nitrogen and oxygen atoms in total. The van der Waals surface area contributed by atoms with Crippen molar-refractivity contribution in [3.63, 3.8) is 0 Å². The highest BCUT2D eigenvalue weighted by Gasteiger charge is 2.33. The van der Waals surface area contributed by atoms with Crippen molar-refractivity contribution < 1.29 is 32.4 Å². The molecule has 160 valence electrons. The van der Waals surface area contributed by atoms with Crippen molar-refractivity contribution in [1.82, 2.24) is 4.90 Å². The second-order valence-electron chi connectivity index (χ2n) is 6.76. The van der Waals surface area contributed by atoms with Crippen molar-refractivity contribution in [2.45, 2.75) is 44.8 Å². The van der Waals surface area contributed by atoms with E-state index in [1.165, 1.54) is 0 Å². The summed E-state index contributed by atoms with van der Waals surface area (Å²) in [6.07, 6.45) is -2.06. The highest BCUT2D eigenvalue weighted by atomic mass is 19.4. The maximum absolute atomic E-state index is 12.7. The number of nitrogens with one attached hydrogen (secondary N) is 1. The van der Waals surface area contributed by atoms with Gasteiger partial charge in [-0.1, -0.05) is 0 Å². The number of alkyl halides is 3. The van der Waals surface area contributed by atoms with Gasteiger partial charge in [0.2, 0.25) is 0 Å². The number of carbonyl (C=O) groups is 2. The zero-order valence-electron chi connectivity index (χ0n) is 15.8. The molecule has 11 heteroatoms. The Morgan fingerprint density at radius 2 is 2.07 bits per heavy atom. The normalized spacial score (nSPS) is 17.0. The van der Waals surface area contributed by atoms with Crippen LogP contribution in [0.15, 0.2) is 18.2 Å². The molecule has 1 aliphatic rings. The van der Waals surface area contributed by atoms with Crippen LogP contribution in [0.4, 0.5) is 24.5 Å². The van der Waals surface area contributed by atoms with Crippen LogP contribution in [-0.2, 0) is 20.5 Å². The van der Waals surface area contributed by atoms with E-state index in [9.17, 15) is 32.9 Å². The van der Waals surface area contributed by atoms with Crippen LogP contribution in [0.5, 0.6) is 0 Å². The quantitative estimate of drug-likeness (QED) is 0.415. The van der Waals surface area contributed by atoms with Crippen molar-refractivity contribution in [2.75, 3.05) is 25.0 Å². The van der Waals surface area contributed by atoms with Gasteiger partial charge >= 0.3 is 12.1 Å². The number of piperidine rings is 1. The number of likely N-dealkylation sites (tertiary alicyclic amines) is 1. The fourth-order valence-corrected chi connectivity index (χ4v) is 3.07. The fourth-order valence-electron chi connectivity index (χ4n) is 3.07. The second kappa shape index (κ2) is 9.57. The van der Waals surface area contributed by atoms with Gasteiger partial charge in [0.05, 0.1) is 16.9 Å². The van der Waals surface area contributed by atoms with Crippen molar-refractivity contribution >= 4 is 23.3 Å². The van der Waals surface area contributed by atoms with Crippen LogP contribution >= 0.6 is 0 Å². The molecule has 1 aromatic carbocycles. The van der Waals surface area contributed by atoms with Gasteiger partial charge in [0.25, 0.3) is 11.6 Å². The number of nitrogens with zero attached hydrogens (tertiary/aromatic N) is 2. The van der Waals surface area contributed by atoms with E-state index in [0.29, 0.717) is 18.7 Å². The van der Waals surface area contributed by atoms with Crippen molar-refractivity contribution in [2.24, 2.45) is 0 Å². The summed E-state index contributed by atoms with van der Waals surface area (Å²) in [6, 6.07) is 2.18. The Balaban J connectivity index is 1.84. The summed E-state index contributed by atoms with van der Waals surface area (Å²) < 4.78 is 43.0. The first kappa shape index (κ1) is 22.4. The number of hydrogen-bond donors (Lipinski definition) is 1. The molecule has 0 unspecified atom stereocenters. The van der Waals surface area contributed by atoms with Gasteiger partial charge < -0.3 is 15.0 Å². The summed E-state index contributed by atoms with van der Waals surface area (Å²) in [4.78, 5) is 35.6. The van der Waals surface area contributed by atoms with Crippen LogP contribution in [0.2, 0.25) is 0 Å². The van der Waals surface area contributed by atoms with Crippen LogP contribution in [-0.4, -0.2) is 47.4 Å². The first-order valence-corrected chi connectivity index (χ1v) is 9.14. The SMILES string of the molecule is C[C@@H]1CCCCN1C(=O)COC(=O)CCNc1ccc(C(F)(F)F)cc1[N+](=O)[O-]. The molecule has 1 aliphatic heterocycles. The van der Waals surface area contributed by atoms with Crippen LogP contribution in [0.3, 0.4) is 0 Å². The lowest BCUT2D eigenvalue weighted by Crippen LogP contribution is -2.44. The van der Waals surface area contributed by atoms with Crippen LogP contribution in [0.25, 0.3) is 0 Å². The summed E-state index contributed by atoms with van der Waals surface area (Å²) in [7, 11) is 0. The summed E-state index contributed by atoms with van der Waals surface area (Å²) in [5.41, 5.74) is -2.03. The van der Waals surface area contributed by atoms with Crippen molar-refractivity contribution in [3.8, 4) is 0 Å². The fraction of sp³-hybridized carbons (Fsp3) is 0.556. The minimum absolute atomic E-state index is 0.0943. The molecule has 1 fully saturated rings. The number of amides is 1. The number of benzene rings is 1. The Kier molecular flexibility index (Phi) is 7.40. The Hall–Kier alpha value is -2.85. The van der Waals surface area contributed by atoms with E-state index >= 15 is 0 Å². The van der Waals surface area contributed by atoms with Gasteiger partial charge in [-0.15, -0.1) is 0 Å². The van der Waals surface area contributed by atoms with Crippen molar-refractivity contribution in [1.29, 1.82) is 0 Å². The van der Waals surface area contributed by atoms with Gasteiger partial charge in [-0.3, -0.25) is 19.7 Å². The minimum Gasteiger partial charge on any atom is -0.456 e. The summed E-state index contributed by atoms with van der Waals surface area (Å²) in [6.45, 7) is 2.07. The molecule has 29 heavy (non-hydrogen) atoms. The molecule has 0 aromatic heterocycles. The number of ether oxygens (including phenoxy) is 1. The number of rotatable bonds is 7. The molecular formula is C18H22F3N3O5. The number of carbonyl (C=O) groups excluding carboxylic acids is 2. The summed E-state index contributed by atoms with van der Waals surface area (Å²) in [5, 5.41) is 13.6. The average Bonchev–Trinajstić information content (AvgIpc) is 2.65. The van der Waals surface area contributed by atoms with E-state index in [4.69, 9.17) is 4.74 Å². The molecule has 1 saturated heterocycles. The number of esters is 1. The summed E-state index contributed by atoms with van der Waals surface area (Å²) >= 11 is 0. The van der Waals surface area contributed by atoms with E-state index < -0.39 is 28.3 Å². The highest BCUT2D eigenvalue weighted by molar-refractivity contribution is 5.81. The molecule has 1 atom stereocenters. The Morgan fingerprint density at radius 1 is 1.34 bits per heavy atom. The lowest BCUT2D eigenvalue weighted by atomic mass is 10.0. The monoisotopic (exact) mass is 417 g/mol. The Labute approximate surface area is 165 Å². The second-order valence-corrected chi connectivity index (χ2v) is 6.76. The molecule has 2 rings (SSSR count). The largest absolute Gasteiger partial charge is 0.456 e. The molecule has 0 aliphatic carbocycles. The lowest BCUT2D eigenvalue weighted by molar-refractivity contribution is -0.384. The first-order valence-electron chi connectivity index (χ1n) is 9.14. The van der Waals surface area contributed by atoms with Crippen LogP contribution in [0, 0.1) is 10.1 Å². The third-order valence-corrected chi connectivity index (χ3v) is 4.65. The number of nitro benzene ring substituents is 1. The van der Waals surface area contributed by atoms with E-state index in [1.807, 2.05) is 6.92 Å². The van der Waals surface area contributed by atoms with E-state index in [2.05, 4.69) is 5.32 Å². The maximum atomic E-state index is 12.7. The van der Waals surface area contributed by atoms with Gasteiger partial charge in [0, 0.05) is 25.2 Å². The zero-order chi connectivity index (χ0) is 21.6. The number of hydrogen-bond acceptors (Lipinski definition) is 6. The zero-order valence-corrected chi connectivity index (χ0v) is 15.8. The van der Waals surface area contributed by atoms with Crippen molar-refractivity contribution in [3.05, 3.63) is 33.9 Å². The third kappa shape index (κ3) is 6.33. The molecule has 1 amide bonds. The molecule has 0 saturated carbocycles. The van der Waals surface area contributed by atoms with E-state index in [0.717, 1.165) is 25.3 Å². The Bertz CT molecular complexity index is 770. The molecule has 1 heterocycles. The van der Waals surface area contributed by atoms with Gasteiger partial charge in [-0.05, 0) is 38.3 Å². The topological polar surface area (TPSA) is 102 Å². The summed E-state index contributed by atoms with van der Waals surface area (Å²) in [5.74, 6) is -0.970. The van der Waals surface area contributed by atoms with Crippen LogP contribution < -0.4 is 5.32 Å². The molecular weight excluding hydrogens is 395 g/mol. The Morgan fingerprint density at radius 3 is 2.69 bits per heavy atom. The number of halogens is 3. The van der Waals surface area contributed by atoms with Crippen LogP contribution in [0.1, 0.15) is 38.2 Å². The predicted molar refractivity (Wildman–Crippen MR) is 97.2 cm³/mol. The third-order valence-electron chi connectivity index (χ3n) is 4.65. The van der Waals surface area contributed by atoms with E-state index in [-0.39, 0.29) is 37.2 Å². The molecule has 1 aromatic rings. The number of nitro groups is 1. The minimum atomic E-state index is -4.70. The van der Waals surface area contributed by atoms with Gasteiger partial charge in [0.15, 0.2) is 6.61 Å². The molecule has 0 spiro atoms. The molecule has 0 radical (unpaired) electrons. The van der Waals surface area contributed by atoms with E-state index in [1.54, 1.807) is 4.90 Å². The maximum Gasteiger partial charge on any atom is 0.416 e. The smallest absolute Gasteiger partial charge is 0.416 e. The van der Waals surface area contributed by atoms with Gasteiger partial charge in [-0.2, -0.15) is 13.2 Å². The number of anilines is 1. The molecule has 1 N–H and O–H groups in total. The predicted octanol–water partition coefficient (Wildman–Crippen LogP) is 3.36. The van der Waals surface area contributed by atoms with Gasteiger partial charge in [0.1, 0.15) is 5.69 Å². The lowest BCUT2D eigenvalue weighted by Gasteiger charge is -2.33.